The van der Waals surface area contributed by atoms with Crippen molar-refractivity contribution in [3.8, 4) is 0 Å². The van der Waals surface area contributed by atoms with E-state index in [2.05, 4.69) is 20.4 Å². The van der Waals surface area contributed by atoms with Crippen LogP contribution in [0.5, 0.6) is 0 Å². The van der Waals surface area contributed by atoms with Gasteiger partial charge in [-0.05, 0) is 56.8 Å². The largest absolute Gasteiger partial charge is 0.355 e. The van der Waals surface area contributed by atoms with E-state index in [9.17, 15) is 9.59 Å². The van der Waals surface area contributed by atoms with Gasteiger partial charge in [-0.3, -0.25) is 19.6 Å². The summed E-state index contributed by atoms with van der Waals surface area (Å²) in [4.78, 5) is 29.7. The van der Waals surface area contributed by atoms with Crippen LogP contribution >= 0.6 is 0 Å². The van der Waals surface area contributed by atoms with Crippen molar-refractivity contribution in [3.63, 3.8) is 0 Å². The van der Waals surface area contributed by atoms with Gasteiger partial charge in [0.25, 0.3) is 0 Å². The van der Waals surface area contributed by atoms with E-state index in [1.165, 1.54) is 45.2 Å². The Hall–Kier alpha value is -2.41. The Labute approximate surface area is 170 Å². The van der Waals surface area contributed by atoms with Crippen LogP contribution in [-0.2, 0) is 9.59 Å². The lowest BCUT2D eigenvalue weighted by Crippen LogP contribution is -2.51. The van der Waals surface area contributed by atoms with Gasteiger partial charge < -0.3 is 10.2 Å². The van der Waals surface area contributed by atoms with Gasteiger partial charge in [-0.25, -0.2) is 0 Å². The first-order chi connectivity index (χ1) is 14.2. The highest BCUT2D eigenvalue weighted by Crippen LogP contribution is 2.32. The van der Waals surface area contributed by atoms with Gasteiger partial charge >= 0.3 is 0 Å². The monoisotopic (exact) mass is 395 g/mol. The second-order valence-corrected chi connectivity index (χ2v) is 8.74. The van der Waals surface area contributed by atoms with Crippen molar-refractivity contribution in [2.75, 3.05) is 31.1 Å². The van der Waals surface area contributed by atoms with Crippen LogP contribution in [0.1, 0.15) is 38.5 Å². The van der Waals surface area contributed by atoms with E-state index in [1.807, 2.05) is 24.3 Å². The molecule has 3 unspecified atom stereocenters. The van der Waals surface area contributed by atoms with Gasteiger partial charge in [0.05, 0.1) is 11.4 Å². The van der Waals surface area contributed by atoms with Gasteiger partial charge in [0.15, 0.2) is 5.82 Å². The lowest BCUT2D eigenvalue weighted by Gasteiger charge is -2.44. The second kappa shape index (κ2) is 7.78. The van der Waals surface area contributed by atoms with Crippen LogP contribution in [0, 0.1) is 11.8 Å². The fraction of sp³-hybridized carbons (Fsp3) is 0.591. The van der Waals surface area contributed by atoms with Crippen molar-refractivity contribution in [2.45, 2.75) is 44.6 Å². The highest BCUT2D eigenvalue weighted by molar-refractivity contribution is 6.05. The zero-order chi connectivity index (χ0) is 19.8. The van der Waals surface area contributed by atoms with Crippen molar-refractivity contribution in [1.82, 2.24) is 20.4 Å². The molecule has 5 rings (SSSR count). The summed E-state index contributed by atoms with van der Waals surface area (Å²) in [6, 6.07) is 8.38. The van der Waals surface area contributed by atoms with E-state index < -0.39 is 0 Å². The number of carbonyl (C=O) groups is 2. The second-order valence-electron chi connectivity index (χ2n) is 8.74. The zero-order valence-corrected chi connectivity index (χ0v) is 16.8. The van der Waals surface area contributed by atoms with Crippen molar-refractivity contribution in [3.05, 3.63) is 24.3 Å². The summed E-state index contributed by atoms with van der Waals surface area (Å²) in [5.41, 5.74) is 0.900. The number of H-pyrrole nitrogens is 1. The number of aromatic amines is 1. The molecule has 3 fully saturated rings. The number of rotatable bonds is 4. The minimum atomic E-state index is -0.302. The van der Waals surface area contributed by atoms with Gasteiger partial charge in [0.2, 0.25) is 11.8 Å². The standard InChI is InChI=1S/C22H29N5O2/c28-20-12-16(14-27(20)21-17-7-1-2-8-18(17)24-25-21)22(29)23-13-15-6-5-11-26-10-4-3-9-19(15)26/h1-2,7-8,15-16,19H,3-6,9-14H2,(H,23,29)(H,24,25). The van der Waals surface area contributed by atoms with Gasteiger partial charge in [-0.15, -0.1) is 0 Å². The molecule has 3 atom stereocenters. The topological polar surface area (TPSA) is 81.3 Å². The Kier molecular flexibility index (Phi) is 4.99. The first-order valence-corrected chi connectivity index (χ1v) is 11.0. The fourth-order valence-corrected chi connectivity index (χ4v) is 5.43. The third-order valence-corrected chi connectivity index (χ3v) is 6.97. The first kappa shape index (κ1) is 18.6. The summed E-state index contributed by atoms with van der Waals surface area (Å²) in [6.07, 6.45) is 6.53. The number of aromatic nitrogens is 2. The van der Waals surface area contributed by atoms with E-state index in [1.54, 1.807) is 4.90 Å². The SMILES string of the molecule is O=C(NCC1CCCN2CCCCC12)C1CC(=O)N(c2n[nH]c3ccccc23)C1. The highest BCUT2D eigenvalue weighted by atomic mass is 16.2. The van der Waals surface area contributed by atoms with E-state index in [0.29, 0.717) is 24.3 Å². The summed E-state index contributed by atoms with van der Waals surface area (Å²) in [6.45, 7) is 3.55. The lowest BCUT2D eigenvalue weighted by molar-refractivity contribution is -0.126. The highest BCUT2D eigenvalue weighted by Gasteiger charge is 2.38. The maximum absolute atomic E-state index is 12.8. The Morgan fingerprint density at radius 3 is 2.97 bits per heavy atom. The van der Waals surface area contributed by atoms with Gasteiger partial charge in [-0.2, -0.15) is 5.10 Å². The molecule has 0 aliphatic carbocycles. The number of amides is 2. The Bertz CT molecular complexity index is 907. The molecular weight excluding hydrogens is 366 g/mol. The molecular formula is C22H29N5O2. The smallest absolute Gasteiger partial charge is 0.229 e. The number of nitrogens with zero attached hydrogens (tertiary/aromatic N) is 3. The average molecular weight is 396 g/mol. The summed E-state index contributed by atoms with van der Waals surface area (Å²) >= 11 is 0. The van der Waals surface area contributed by atoms with Crippen molar-refractivity contribution < 1.29 is 9.59 Å². The number of para-hydroxylation sites is 1. The van der Waals surface area contributed by atoms with Crippen LogP contribution in [0.2, 0.25) is 0 Å². The van der Waals surface area contributed by atoms with Crippen LogP contribution in [0.25, 0.3) is 10.9 Å². The predicted octanol–water partition coefficient (Wildman–Crippen LogP) is 2.30. The molecule has 3 saturated heterocycles. The number of hydrogen-bond donors (Lipinski definition) is 2. The van der Waals surface area contributed by atoms with Crippen molar-refractivity contribution in [1.29, 1.82) is 0 Å². The number of piperidine rings is 2. The van der Waals surface area contributed by atoms with Crippen LogP contribution in [-0.4, -0.2) is 59.1 Å². The van der Waals surface area contributed by atoms with Gasteiger partial charge in [0, 0.05) is 30.9 Å². The molecule has 0 radical (unpaired) electrons. The van der Waals surface area contributed by atoms with Crippen molar-refractivity contribution >= 4 is 28.5 Å². The molecule has 7 heteroatoms. The van der Waals surface area contributed by atoms with Gasteiger partial charge in [-0.1, -0.05) is 18.6 Å². The molecule has 154 valence electrons. The number of carbonyl (C=O) groups excluding carboxylic acids is 2. The Morgan fingerprint density at radius 1 is 1.17 bits per heavy atom. The summed E-state index contributed by atoms with van der Waals surface area (Å²) in [7, 11) is 0. The number of anilines is 1. The predicted molar refractivity (Wildman–Crippen MR) is 111 cm³/mol. The fourth-order valence-electron chi connectivity index (χ4n) is 5.43. The molecule has 7 nitrogen and oxygen atoms in total. The summed E-state index contributed by atoms with van der Waals surface area (Å²) in [5.74, 6) is 0.846. The molecule has 0 saturated carbocycles. The third kappa shape index (κ3) is 3.52. The maximum Gasteiger partial charge on any atom is 0.229 e. The average Bonchev–Trinajstić information content (AvgIpc) is 3.35. The Morgan fingerprint density at radius 2 is 2.03 bits per heavy atom. The molecule has 2 aromatic rings. The van der Waals surface area contributed by atoms with Crippen LogP contribution in [0.15, 0.2) is 24.3 Å². The molecule has 0 bridgehead atoms. The van der Waals surface area contributed by atoms with E-state index in [0.717, 1.165) is 17.4 Å². The number of hydrogen-bond acceptors (Lipinski definition) is 4. The zero-order valence-electron chi connectivity index (χ0n) is 16.8. The molecule has 2 N–H and O–H groups in total. The number of nitrogens with one attached hydrogen (secondary N) is 2. The minimum absolute atomic E-state index is 0.00799. The summed E-state index contributed by atoms with van der Waals surface area (Å²) in [5, 5.41) is 11.4. The van der Waals surface area contributed by atoms with E-state index in [-0.39, 0.29) is 24.2 Å². The number of benzene rings is 1. The van der Waals surface area contributed by atoms with E-state index in [4.69, 9.17) is 0 Å². The van der Waals surface area contributed by atoms with E-state index >= 15 is 0 Å². The summed E-state index contributed by atoms with van der Waals surface area (Å²) < 4.78 is 0. The van der Waals surface area contributed by atoms with Crippen molar-refractivity contribution in [2.24, 2.45) is 11.8 Å². The first-order valence-electron chi connectivity index (χ1n) is 11.0. The molecule has 3 aliphatic rings. The molecule has 1 aromatic heterocycles. The van der Waals surface area contributed by atoms with Crippen LogP contribution in [0.4, 0.5) is 5.82 Å². The minimum Gasteiger partial charge on any atom is -0.355 e. The molecule has 4 heterocycles. The Balaban J connectivity index is 1.21. The maximum atomic E-state index is 12.8. The normalized spacial score (nSPS) is 27.9. The molecule has 2 amide bonds. The van der Waals surface area contributed by atoms with Crippen LogP contribution in [0.3, 0.4) is 0 Å². The third-order valence-electron chi connectivity index (χ3n) is 6.97. The molecule has 29 heavy (non-hydrogen) atoms. The van der Waals surface area contributed by atoms with Crippen LogP contribution < -0.4 is 10.2 Å². The lowest BCUT2D eigenvalue weighted by atomic mass is 9.83. The molecule has 0 spiro atoms. The molecule has 1 aromatic carbocycles. The number of fused-ring (bicyclic) bond motifs is 2. The van der Waals surface area contributed by atoms with Gasteiger partial charge in [0.1, 0.15) is 0 Å². The molecule has 3 aliphatic heterocycles. The quantitative estimate of drug-likeness (QED) is 0.832.